The van der Waals surface area contributed by atoms with Gasteiger partial charge < -0.3 is 9.84 Å². The van der Waals surface area contributed by atoms with Gasteiger partial charge in [-0.15, -0.1) is 0 Å². The smallest absolute Gasteiger partial charge is 0.307 e. The summed E-state index contributed by atoms with van der Waals surface area (Å²) in [5.41, 5.74) is 0.251. The van der Waals surface area contributed by atoms with Gasteiger partial charge in [-0.05, 0) is 19.1 Å². The van der Waals surface area contributed by atoms with E-state index in [9.17, 15) is 4.79 Å². The lowest BCUT2D eigenvalue weighted by molar-refractivity contribution is -0.140. The third kappa shape index (κ3) is 2.01. The Morgan fingerprint density at radius 1 is 1.47 bits per heavy atom. The zero-order valence-corrected chi connectivity index (χ0v) is 8.43. The predicted molar refractivity (Wildman–Crippen MR) is 56.8 cm³/mol. The molecule has 1 atom stereocenters. The molecule has 1 aliphatic rings. The number of fused-ring (bicyclic) bond motifs is 1. The number of ether oxygens (including phenoxy) is 1. The number of carbonyl (C=O) groups is 1. The molecule has 0 unspecified atom stereocenters. The van der Waals surface area contributed by atoms with Gasteiger partial charge in [0.25, 0.3) is 0 Å². The first-order chi connectivity index (χ1) is 7.09. The minimum atomic E-state index is -0.860. The van der Waals surface area contributed by atoms with Gasteiger partial charge in [-0.2, -0.15) is 0 Å². The Morgan fingerprint density at radius 3 is 2.93 bits per heavy atom. The average Bonchev–Trinajstić information content (AvgIpc) is 2.15. The third-order valence-corrected chi connectivity index (χ3v) is 2.38. The van der Waals surface area contributed by atoms with Crippen LogP contribution in [0.1, 0.15) is 18.9 Å². The van der Waals surface area contributed by atoms with Gasteiger partial charge in [0.2, 0.25) is 0 Å². The van der Waals surface area contributed by atoms with Crippen LogP contribution in [0.15, 0.2) is 30.3 Å². The molecule has 1 N–H and O–H groups in total. The highest BCUT2D eigenvalue weighted by Gasteiger charge is 2.29. The first-order valence-corrected chi connectivity index (χ1v) is 4.78. The fraction of sp³-hybridized carbons (Fsp3) is 0.250. The predicted octanol–water partition coefficient (Wildman–Crippen LogP) is 2.33. The molecule has 1 aliphatic heterocycles. The molecule has 1 heterocycles. The summed E-state index contributed by atoms with van der Waals surface area (Å²) in [6, 6.07) is 7.58. The van der Waals surface area contributed by atoms with Crippen LogP contribution in [0, 0.1) is 0 Å². The normalized spacial score (nSPS) is 23.0. The second-order valence-electron chi connectivity index (χ2n) is 3.86. The number of benzene rings is 1. The highest BCUT2D eigenvalue weighted by molar-refractivity contribution is 5.70. The molecular weight excluding hydrogens is 192 g/mol. The number of para-hydroxylation sites is 1. The number of hydrogen-bond donors (Lipinski definition) is 1. The van der Waals surface area contributed by atoms with E-state index in [1.165, 1.54) is 0 Å². The van der Waals surface area contributed by atoms with Crippen molar-refractivity contribution in [3.05, 3.63) is 35.9 Å². The van der Waals surface area contributed by atoms with E-state index in [1.54, 1.807) is 13.0 Å². The van der Waals surface area contributed by atoms with Crippen molar-refractivity contribution in [2.24, 2.45) is 0 Å². The van der Waals surface area contributed by atoms with Gasteiger partial charge in [-0.3, -0.25) is 4.79 Å². The Kier molecular flexibility index (Phi) is 2.23. The molecule has 0 saturated heterocycles. The molecule has 1 aromatic carbocycles. The highest BCUT2D eigenvalue weighted by Crippen LogP contribution is 2.32. The molecule has 3 heteroatoms. The molecule has 0 aromatic heterocycles. The van der Waals surface area contributed by atoms with Crippen molar-refractivity contribution in [2.75, 3.05) is 0 Å². The van der Waals surface area contributed by atoms with Crippen LogP contribution >= 0.6 is 0 Å². The first kappa shape index (κ1) is 9.77. The second kappa shape index (κ2) is 3.42. The monoisotopic (exact) mass is 204 g/mol. The summed E-state index contributed by atoms with van der Waals surface area (Å²) in [6.07, 6.45) is 3.67. The standard InChI is InChI=1S/C12H12O3/c1-12(8-11(13)14)7-6-9-4-2-3-5-10(9)15-12/h2-7H,8H2,1H3,(H,13,14)/t12-/m0/s1. The highest BCUT2D eigenvalue weighted by atomic mass is 16.5. The van der Waals surface area contributed by atoms with Crippen molar-refractivity contribution in [1.29, 1.82) is 0 Å². The van der Waals surface area contributed by atoms with Gasteiger partial charge >= 0.3 is 5.97 Å². The lowest BCUT2D eigenvalue weighted by atomic mass is 9.97. The maximum atomic E-state index is 10.7. The summed E-state index contributed by atoms with van der Waals surface area (Å²) >= 11 is 0. The number of carboxylic acid groups (broad SMARTS) is 1. The minimum absolute atomic E-state index is 0.0299. The Hall–Kier alpha value is -1.77. The molecule has 15 heavy (non-hydrogen) atoms. The van der Waals surface area contributed by atoms with E-state index in [0.29, 0.717) is 0 Å². The van der Waals surface area contributed by atoms with E-state index < -0.39 is 11.6 Å². The van der Waals surface area contributed by atoms with Crippen LogP contribution in [0.25, 0.3) is 6.08 Å². The Morgan fingerprint density at radius 2 is 2.20 bits per heavy atom. The molecule has 0 aliphatic carbocycles. The Balaban J connectivity index is 2.28. The van der Waals surface area contributed by atoms with Crippen molar-refractivity contribution in [3.8, 4) is 5.75 Å². The average molecular weight is 204 g/mol. The molecule has 0 saturated carbocycles. The van der Waals surface area contributed by atoms with Gasteiger partial charge in [0.1, 0.15) is 11.4 Å². The van der Waals surface area contributed by atoms with E-state index in [-0.39, 0.29) is 6.42 Å². The van der Waals surface area contributed by atoms with Crippen LogP contribution in [0.3, 0.4) is 0 Å². The summed E-state index contributed by atoms with van der Waals surface area (Å²) in [5.74, 6) is -0.120. The zero-order valence-electron chi connectivity index (χ0n) is 8.43. The topological polar surface area (TPSA) is 46.5 Å². The van der Waals surface area contributed by atoms with Gasteiger partial charge in [0.05, 0.1) is 6.42 Å². The lowest BCUT2D eigenvalue weighted by Crippen LogP contribution is -2.34. The summed E-state index contributed by atoms with van der Waals surface area (Å²) in [5, 5.41) is 8.77. The van der Waals surface area contributed by atoms with E-state index in [4.69, 9.17) is 9.84 Å². The minimum Gasteiger partial charge on any atom is -0.482 e. The Labute approximate surface area is 88.0 Å². The number of rotatable bonds is 2. The van der Waals surface area contributed by atoms with Crippen LogP contribution in [-0.2, 0) is 4.79 Å². The van der Waals surface area contributed by atoms with Crippen molar-refractivity contribution < 1.29 is 14.6 Å². The second-order valence-corrected chi connectivity index (χ2v) is 3.86. The summed E-state index contributed by atoms with van der Waals surface area (Å²) in [7, 11) is 0. The molecule has 0 amide bonds. The SMILES string of the molecule is C[C@@]1(CC(=O)O)C=Cc2ccccc2O1. The van der Waals surface area contributed by atoms with Crippen LogP contribution in [0.2, 0.25) is 0 Å². The summed E-state index contributed by atoms with van der Waals surface area (Å²) < 4.78 is 5.66. The fourth-order valence-electron chi connectivity index (χ4n) is 1.66. The molecule has 3 nitrogen and oxygen atoms in total. The van der Waals surface area contributed by atoms with Crippen molar-refractivity contribution in [1.82, 2.24) is 0 Å². The number of hydrogen-bond acceptors (Lipinski definition) is 2. The first-order valence-electron chi connectivity index (χ1n) is 4.78. The van der Waals surface area contributed by atoms with E-state index in [2.05, 4.69) is 0 Å². The molecular formula is C12H12O3. The maximum Gasteiger partial charge on any atom is 0.307 e. The zero-order chi connectivity index (χ0) is 10.9. The molecule has 0 bridgehead atoms. The van der Waals surface area contributed by atoms with Gasteiger partial charge in [0.15, 0.2) is 0 Å². The lowest BCUT2D eigenvalue weighted by Gasteiger charge is -2.30. The van der Waals surface area contributed by atoms with Crippen LogP contribution in [0.5, 0.6) is 5.75 Å². The van der Waals surface area contributed by atoms with E-state index in [1.807, 2.05) is 30.3 Å². The van der Waals surface area contributed by atoms with Crippen molar-refractivity contribution in [3.63, 3.8) is 0 Å². The third-order valence-electron chi connectivity index (χ3n) is 2.38. The van der Waals surface area contributed by atoms with Crippen molar-refractivity contribution >= 4 is 12.0 Å². The quantitative estimate of drug-likeness (QED) is 0.804. The van der Waals surface area contributed by atoms with Crippen LogP contribution < -0.4 is 4.74 Å². The molecule has 0 fully saturated rings. The summed E-state index contributed by atoms with van der Waals surface area (Å²) in [6.45, 7) is 1.77. The molecule has 78 valence electrons. The van der Waals surface area contributed by atoms with E-state index >= 15 is 0 Å². The maximum absolute atomic E-state index is 10.7. The molecule has 2 rings (SSSR count). The van der Waals surface area contributed by atoms with Gasteiger partial charge in [0, 0.05) is 5.56 Å². The van der Waals surface area contributed by atoms with E-state index in [0.717, 1.165) is 11.3 Å². The molecule has 0 spiro atoms. The van der Waals surface area contributed by atoms with Crippen LogP contribution in [0.4, 0.5) is 0 Å². The van der Waals surface area contributed by atoms with Crippen LogP contribution in [-0.4, -0.2) is 16.7 Å². The van der Waals surface area contributed by atoms with Crippen molar-refractivity contribution in [2.45, 2.75) is 18.9 Å². The fourth-order valence-corrected chi connectivity index (χ4v) is 1.66. The molecule has 1 aromatic rings. The number of carboxylic acids is 1. The number of aliphatic carboxylic acids is 1. The largest absolute Gasteiger partial charge is 0.482 e. The van der Waals surface area contributed by atoms with Gasteiger partial charge in [-0.1, -0.05) is 24.3 Å². The van der Waals surface area contributed by atoms with Gasteiger partial charge in [-0.25, -0.2) is 0 Å². The summed E-state index contributed by atoms with van der Waals surface area (Å²) in [4.78, 5) is 10.7. The molecule has 0 radical (unpaired) electrons. The Bertz CT molecular complexity index is 423.